The monoisotopic (exact) mass is 428 g/mol. The third kappa shape index (κ3) is 5.48. The Morgan fingerprint density at radius 1 is 1.09 bits per heavy atom. The average Bonchev–Trinajstić information content (AvgIpc) is 2.55. The quantitative estimate of drug-likeness (QED) is 0.698. The molecule has 1 aliphatic rings. The maximum atomic E-state index is 12.5. The lowest BCUT2D eigenvalue weighted by Gasteiger charge is -2.26. The van der Waals surface area contributed by atoms with Crippen LogP contribution in [0.25, 0.3) is 0 Å². The molecule has 1 aromatic rings. The predicted octanol–water partition coefficient (Wildman–Crippen LogP) is 3.95. The van der Waals surface area contributed by atoms with Gasteiger partial charge in [0, 0.05) is 15.2 Å². The van der Waals surface area contributed by atoms with Crippen molar-refractivity contribution in [3.05, 3.63) is 27.8 Å². The van der Waals surface area contributed by atoms with Crippen LogP contribution in [0.15, 0.2) is 24.3 Å². The number of carbonyl (C=O) groups is 2. The smallest absolute Gasteiger partial charge is 0.247 e. The van der Waals surface area contributed by atoms with Gasteiger partial charge in [0.1, 0.15) is 6.04 Å². The van der Waals surface area contributed by atoms with Crippen molar-refractivity contribution in [2.45, 2.75) is 52.0 Å². The Balaban J connectivity index is 1.97. The van der Waals surface area contributed by atoms with E-state index in [0.717, 1.165) is 34.9 Å². The zero-order chi connectivity index (χ0) is 16.8. The van der Waals surface area contributed by atoms with Gasteiger partial charge in [-0.05, 0) is 65.6 Å². The summed E-state index contributed by atoms with van der Waals surface area (Å²) in [4.78, 5) is 25.0. The number of benzene rings is 1. The Labute approximate surface area is 151 Å². The maximum absolute atomic E-state index is 12.5. The van der Waals surface area contributed by atoms with Crippen molar-refractivity contribution in [2.24, 2.45) is 11.8 Å². The minimum Gasteiger partial charge on any atom is -0.344 e. The molecule has 1 aromatic carbocycles. The van der Waals surface area contributed by atoms with E-state index in [4.69, 9.17) is 0 Å². The normalized spacial score (nSPS) is 16.9. The van der Waals surface area contributed by atoms with Crippen molar-refractivity contribution >= 4 is 40.1 Å². The Morgan fingerprint density at radius 3 is 2.26 bits per heavy atom. The molecule has 2 rings (SSSR count). The van der Waals surface area contributed by atoms with Crippen LogP contribution in [0.3, 0.4) is 0 Å². The van der Waals surface area contributed by atoms with E-state index < -0.39 is 6.04 Å². The molecule has 2 amide bonds. The van der Waals surface area contributed by atoms with Crippen molar-refractivity contribution in [3.63, 3.8) is 0 Å². The fourth-order valence-corrected chi connectivity index (χ4v) is 3.28. The van der Waals surface area contributed by atoms with Gasteiger partial charge in [-0.25, -0.2) is 0 Å². The molecule has 1 atom stereocenters. The summed E-state index contributed by atoms with van der Waals surface area (Å²) < 4.78 is 1.12. The van der Waals surface area contributed by atoms with Gasteiger partial charge in [0.25, 0.3) is 0 Å². The first kappa shape index (κ1) is 18.2. The van der Waals surface area contributed by atoms with Crippen molar-refractivity contribution in [3.8, 4) is 0 Å². The van der Waals surface area contributed by atoms with Crippen LogP contribution < -0.4 is 10.6 Å². The minimum absolute atomic E-state index is 0.0289. The Hall–Kier alpha value is -1.11. The molecule has 5 heteroatoms. The van der Waals surface area contributed by atoms with Crippen LogP contribution in [0.1, 0.15) is 46.0 Å². The van der Waals surface area contributed by atoms with E-state index in [9.17, 15) is 9.59 Å². The summed E-state index contributed by atoms with van der Waals surface area (Å²) in [6.07, 6.45) is 5.31. The first-order valence-corrected chi connectivity index (χ1v) is 9.42. The molecule has 1 saturated carbocycles. The van der Waals surface area contributed by atoms with Gasteiger partial charge in [-0.3, -0.25) is 9.59 Å². The molecule has 1 aliphatic carbocycles. The number of amides is 2. The molecule has 1 fully saturated rings. The lowest BCUT2D eigenvalue weighted by molar-refractivity contribution is -0.130. The SMILES string of the molecule is CC(C)[C@@H](NC(=O)C1CCCCC1)C(=O)Nc1ccc(I)cc1. The molecule has 0 radical (unpaired) electrons. The third-order valence-electron chi connectivity index (χ3n) is 4.33. The molecule has 23 heavy (non-hydrogen) atoms. The maximum Gasteiger partial charge on any atom is 0.247 e. The molecular formula is C18H25IN2O2. The zero-order valence-corrected chi connectivity index (χ0v) is 15.9. The van der Waals surface area contributed by atoms with Crippen LogP contribution in [0.2, 0.25) is 0 Å². The molecule has 2 N–H and O–H groups in total. The predicted molar refractivity (Wildman–Crippen MR) is 101 cm³/mol. The van der Waals surface area contributed by atoms with E-state index >= 15 is 0 Å². The van der Waals surface area contributed by atoms with Crippen LogP contribution in [0, 0.1) is 15.4 Å². The highest BCUT2D eigenvalue weighted by Gasteiger charge is 2.28. The topological polar surface area (TPSA) is 58.2 Å². The Kier molecular flexibility index (Phi) is 6.87. The molecule has 0 aliphatic heterocycles. The van der Waals surface area contributed by atoms with Crippen LogP contribution in [0.5, 0.6) is 0 Å². The molecular weight excluding hydrogens is 403 g/mol. The highest BCUT2D eigenvalue weighted by Crippen LogP contribution is 2.24. The first-order chi connectivity index (χ1) is 11.0. The van der Waals surface area contributed by atoms with E-state index in [1.54, 1.807) is 0 Å². The summed E-state index contributed by atoms with van der Waals surface area (Å²) in [5.41, 5.74) is 0.757. The number of anilines is 1. The lowest BCUT2D eigenvalue weighted by atomic mass is 9.88. The van der Waals surface area contributed by atoms with Gasteiger partial charge in [0.05, 0.1) is 0 Å². The summed E-state index contributed by atoms with van der Waals surface area (Å²) in [5.74, 6) is -0.00554. The third-order valence-corrected chi connectivity index (χ3v) is 5.05. The molecule has 0 saturated heterocycles. The van der Waals surface area contributed by atoms with Gasteiger partial charge >= 0.3 is 0 Å². The fourth-order valence-electron chi connectivity index (χ4n) is 2.92. The number of carbonyl (C=O) groups excluding carboxylic acids is 2. The highest BCUT2D eigenvalue weighted by atomic mass is 127. The lowest BCUT2D eigenvalue weighted by Crippen LogP contribution is -2.49. The van der Waals surface area contributed by atoms with Crippen LogP contribution in [0.4, 0.5) is 5.69 Å². The number of nitrogens with one attached hydrogen (secondary N) is 2. The number of hydrogen-bond donors (Lipinski definition) is 2. The molecule has 0 heterocycles. The van der Waals surface area contributed by atoms with E-state index in [1.807, 2.05) is 38.1 Å². The Bertz CT molecular complexity index is 536. The summed E-state index contributed by atoms with van der Waals surface area (Å²) >= 11 is 2.23. The van der Waals surface area contributed by atoms with Crippen molar-refractivity contribution < 1.29 is 9.59 Å². The van der Waals surface area contributed by atoms with Gasteiger partial charge in [-0.2, -0.15) is 0 Å². The molecule has 126 valence electrons. The summed E-state index contributed by atoms with van der Waals surface area (Å²) in [6.45, 7) is 3.92. The van der Waals surface area contributed by atoms with E-state index in [-0.39, 0.29) is 23.7 Å². The molecule has 4 nitrogen and oxygen atoms in total. The average molecular weight is 428 g/mol. The van der Waals surface area contributed by atoms with Crippen molar-refractivity contribution in [1.82, 2.24) is 5.32 Å². The van der Waals surface area contributed by atoms with Crippen molar-refractivity contribution in [2.75, 3.05) is 5.32 Å². The van der Waals surface area contributed by atoms with E-state index in [2.05, 4.69) is 33.2 Å². The van der Waals surface area contributed by atoms with E-state index in [1.165, 1.54) is 6.42 Å². The fraction of sp³-hybridized carbons (Fsp3) is 0.556. The largest absolute Gasteiger partial charge is 0.344 e. The number of hydrogen-bond acceptors (Lipinski definition) is 2. The van der Waals surface area contributed by atoms with Gasteiger partial charge in [0.15, 0.2) is 0 Å². The minimum atomic E-state index is -0.497. The first-order valence-electron chi connectivity index (χ1n) is 8.34. The summed E-state index contributed by atoms with van der Waals surface area (Å²) in [7, 11) is 0. The second kappa shape index (κ2) is 8.66. The van der Waals surface area contributed by atoms with Crippen LogP contribution >= 0.6 is 22.6 Å². The Morgan fingerprint density at radius 2 is 1.70 bits per heavy atom. The van der Waals surface area contributed by atoms with E-state index in [0.29, 0.717) is 0 Å². The van der Waals surface area contributed by atoms with Crippen LogP contribution in [-0.2, 0) is 9.59 Å². The summed E-state index contributed by atoms with van der Waals surface area (Å²) in [6, 6.07) is 7.14. The second-order valence-electron chi connectivity index (χ2n) is 6.56. The molecule has 0 aromatic heterocycles. The zero-order valence-electron chi connectivity index (χ0n) is 13.8. The van der Waals surface area contributed by atoms with Gasteiger partial charge in [0.2, 0.25) is 11.8 Å². The van der Waals surface area contributed by atoms with Crippen molar-refractivity contribution in [1.29, 1.82) is 0 Å². The van der Waals surface area contributed by atoms with Crippen LogP contribution in [-0.4, -0.2) is 17.9 Å². The second-order valence-corrected chi connectivity index (χ2v) is 7.81. The van der Waals surface area contributed by atoms with Gasteiger partial charge < -0.3 is 10.6 Å². The van der Waals surface area contributed by atoms with Gasteiger partial charge in [-0.1, -0.05) is 33.1 Å². The number of halogens is 1. The number of rotatable bonds is 5. The highest BCUT2D eigenvalue weighted by molar-refractivity contribution is 14.1. The van der Waals surface area contributed by atoms with Gasteiger partial charge in [-0.15, -0.1) is 0 Å². The molecule has 0 bridgehead atoms. The summed E-state index contributed by atoms with van der Waals surface area (Å²) in [5, 5.41) is 5.87. The molecule has 0 unspecified atom stereocenters. The standard InChI is InChI=1S/C18H25IN2O2/c1-12(2)16(21-17(22)13-6-4-3-5-7-13)18(23)20-15-10-8-14(19)9-11-15/h8-13,16H,3-7H2,1-2H3,(H,20,23)(H,21,22)/t16-/m1/s1. The molecule has 0 spiro atoms.